The van der Waals surface area contributed by atoms with E-state index in [9.17, 15) is 0 Å². The average molecular weight is 348 g/mol. The van der Waals surface area contributed by atoms with E-state index in [1.165, 1.54) is 0 Å². The van der Waals surface area contributed by atoms with Crippen molar-refractivity contribution in [2.75, 3.05) is 44.6 Å². The molecule has 1 aliphatic rings. The number of ether oxygens (including phenoxy) is 1. The van der Waals surface area contributed by atoms with Crippen molar-refractivity contribution < 1.29 is 4.74 Å². The molecule has 0 radical (unpaired) electrons. The monoisotopic (exact) mass is 347 g/mol. The quantitative estimate of drug-likeness (QED) is 0.585. The number of nitrogens with two attached hydrogens (primary N) is 1. The van der Waals surface area contributed by atoms with Gasteiger partial charge in [-0.25, -0.2) is 0 Å². The molecule has 1 fully saturated rings. The first-order chi connectivity index (χ1) is 12.0. The Morgan fingerprint density at radius 1 is 1.16 bits per heavy atom. The van der Waals surface area contributed by atoms with Crippen molar-refractivity contribution in [3.8, 4) is 5.75 Å². The first-order valence-electron chi connectivity index (χ1n) is 9.28. The van der Waals surface area contributed by atoms with Crippen LogP contribution in [0.3, 0.4) is 0 Å². The van der Waals surface area contributed by atoms with Crippen LogP contribution in [-0.2, 0) is 0 Å². The first kappa shape index (κ1) is 19.5. The van der Waals surface area contributed by atoms with Gasteiger partial charge in [0.15, 0.2) is 5.96 Å². The molecule has 1 aromatic carbocycles. The standard InChI is InChI=1S/C19H33N5O/c1-5-23-10-12-24(13-11-23)16(4)14-21-19(20)22-17-6-8-18(9-7-17)25-15(2)3/h6-9,15-16H,5,10-14H2,1-4H3,(H3,20,21,22). The molecule has 1 unspecified atom stereocenters. The number of nitrogens with one attached hydrogen (secondary N) is 1. The highest BCUT2D eigenvalue weighted by molar-refractivity contribution is 5.92. The third-order valence-electron chi connectivity index (χ3n) is 4.50. The van der Waals surface area contributed by atoms with Crippen LogP contribution in [0.2, 0.25) is 0 Å². The minimum Gasteiger partial charge on any atom is -0.491 e. The molecule has 1 atom stereocenters. The van der Waals surface area contributed by atoms with Gasteiger partial charge in [0, 0.05) is 37.9 Å². The number of hydrogen-bond acceptors (Lipinski definition) is 4. The number of piperazine rings is 1. The maximum Gasteiger partial charge on any atom is 0.193 e. The molecule has 1 aliphatic heterocycles. The molecule has 0 bridgehead atoms. The van der Waals surface area contributed by atoms with Gasteiger partial charge in [-0.3, -0.25) is 9.89 Å². The molecule has 3 N–H and O–H groups in total. The van der Waals surface area contributed by atoms with Crippen molar-refractivity contribution in [3.05, 3.63) is 24.3 Å². The normalized spacial score (nSPS) is 18.4. The van der Waals surface area contributed by atoms with Crippen LogP contribution in [0.1, 0.15) is 27.7 Å². The summed E-state index contributed by atoms with van der Waals surface area (Å²) in [6, 6.07) is 8.18. The molecule has 0 aliphatic carbocycles. The Kier molecular flexibility index (Phi) is 7.52. The first-order valence-corrected chi connectivity index (χ1v) is 9.28. The van der Waals surface area contributed by atoms with Crippen LogP contribution in [0.15, 0.2) is 29.3 Å². The van der Waals surface area contributed by atoms with E-state index in [0.717, 1.165) is 44.2 Å². The highest BCUT2D eigenvalue weighted by Crippen LogP contribution is 2.16. The van der Waals surface area contributed by atoms with E-state index < -0.39 is 0 Å². The van der Waals surface area contributed by atoms with Gasteiger partial charge in [-0.05, 0) is 51.6 Å². The molecule has 0 spiro atoms. The van der Waals surface area contributed by atoms with Gasteiger partial charge in [0.05, 0.1) is 12.6 Å². The Morgan fingerprint density at radius 3 is 2.36 bits per heavy atom. The fraction of sp³-hybridized carbons (Fsp3) is 0.632. The zero-order valence-electron chi connectivity index (χ0n) is 16.0. The molecule has 140 valence electrons. The molecule has 1 aromatic rings. The number of likely N-dealkylation sites (N-methyl/N-ethyl adjacent to an activating group) is 1. The van der Waals surface area contributed by atoms with Crippen LogP contribution >= 0.6 is 0 Å². The van der Waals surface area contributed by atoms with E-state index in [1.807, 2.05) is 38.1 Å². The predicted molar refractivity (Wildman–Crippen MR) is 105 cm³/mol. The molecule has 2 rings (SSSR count). The fourth-order valence-corrected chi connectivity index (χ4v) is 2.94. The summed E-state index contributed by atoms with van der Waals surface area (Å²) in [4.78, 5) is 9.47. The van der Waals surface area contributed by atoms with Crippen LogP contribution in [-0.4, -0.2) is 67.2 Å². The summed E-state index contributed by atoms with van der Waals surface area (Å²) in [7, 11) is 0. The summed E-state index contributed by atoms with van der Waals surface area (Å²) in [5.41, 5.74) is 6.94. The lowest BCUT2D eigenvalue weighted by molar-refractivity contribution is 0.109. The summed E-state index contributed by atoms with van der Waals surface area (Å²) in [6.07, 6.45) is 0.172. The van der Waals surface area contributed by atoms with Crippen molar-refractivity contribution >= 4 is 11.6 Å². The number of rotatable bonds is 7. The molecular formula is C19H33N5O. The fourth-order valence-electron chi connectivity index (χ4n) is 2.94. The maximum absolute atomic E-state index is 6.03. The van der Waals surface area contributed by atoms with E-state index in [0.29, 0.717) is 18.5 Å². The molecule has 6 heteroatoms. The topological polar surface area (TPSA) is 66.1 Å². The highest BCUT2D eigenvalue weighted by atomic mass is 16.5. The van der Waals surface area contributed by atoms with Crippen molar-refractivity contribution in [2.24, 2.45) is 10.7 Å². The van der Waals surface area contributed by atoms with Gasteiger partial charge in [-0.1, -0.05) is 6.92 Å². The zero-order chi connectivity index (χ0) is 18.2. The van der Waals surface area contributed by atoms with E-state index in [2.05, 4.69) is 34.0 Å². The van der Waals surface area contributed by atoms with Crippen LogP contribution < -0.4 is 15.8 Å². The van der Waals surface area contributed by atoms with E-state index in [4.69, 9.17) is 10.5 Å². The third kappa shape index (κ3) is 6.55. The second kappa shape index (κ2) is 9.63. The smallest absolute Gasteiger partial charge is 0.193 e. The molecule has 1 heterocycles. The maximum atomic E-state index is 6.03. The Bertz CT molecular complexity index is 535. The summed E-state index contributed by atoms with van der Waals surface area (Å²) in [6.45, 7) is 14.8. The lowest BCUT2D eigenvalue weighted by atomic mass is 10.2. The Labute approximate surface area is 152 Å². The van der Waals surface area contributed by atoms with Gasteiger partial charge in [-0.15, -0.1) is 0 Å². The number of nitrogens with zero attached hydrogens (tertiary/aromatic N) is 3. The van der Waals surface area contributed by atoms with Crippen molar-refractivity contribution in [1.82, 2.24) is 9.80 Å². The second-order valence-corrected chi connectivity index (χ2v) is 6.86. The number of benzene rings is 1. The third-order valence-corrected chi connectivity index (χ3v) is 4.50. The van der Waals surface area contributed by atoms with Crippen molar-refractivity contribution in [3.63, 3.8) is 0 Å². The lowest BCUT2D eigenvalue weighted by Gasteiger charge is -2.37. The van der Waals surface area contributed by atoms with Crippen LogP contribution in [0.25, 0.3) is 0 Å². The lowest BCUT2D eigenvalue weighted by Crippen LogP contribution is -2.50. The SMILES string of the molecule is CCN1CCN(C(C)CN=C(N)Nc2ccc(OC(C)C)cc2)CC1. The van der Waals surface area contributed by atoms with E-state index >= 15 is 0 Å². The van der Waals surface area contributed by atoms with Gasteiger partial charge in [0.2, 0.25) is 0 Å². The summed E-state index contributed by atoms with van der Waals surface area (Å²) in [5.74, 6) is 1.31. The second-order valence-electron chi connectivity index (χ2n) is 6.86. The van der Waals surface area contributed by atoms with Crippen LogP contribution in [0.5, 0.6) is 5.75 Å². The molecule has 1 saturated heterocycles. The van der Waals surface area contributed by atoms with Crippen LogP contribution in [0, 0.1) is 0 Å². The molecule has 25 heavy (non-hydrogen) atoms. The number of hydrogen-bond donors (Lipinski definition) is 2. The Morgan fingerprint density at radius 2 is 1.80 bits per heavy atom. The molecule has 0 aromatic heterocycles. The molecule has 0 amide bonds. The van der Waals surface area contributed by atoms with Crippen molar-refractivity contribution in [2.45, 2.75) is 39.8 Å². The summed E-state index contributed by atoms with van der Waals surface area (Å²) < 4.78 is 5.64. The average Bonchev–Trinajstić information content (AvgIpc) is 2.61. The Balaban J connectivity index is 1.79. The van der Waals surface area contributed by atoms with E-state index in [1.54, 1.807) is 0 Å². The van der Waals surface area contributed by atoms with Crippen molar-refractivity contribution in [1.29, 1.82) is 0 Å². The number of aliphatic imine (C=N–C) groups is 1. The number of anilines is 1. The largest absolute Gasteiger partial charge is 0.491 e. The minimum absolute atomic E-state index is 0.172. The molecule has 6 nitrogen and oxygen atoms in total. The molecule has 0 saturated carbocycles. The predicted octanol–water partition coefficient (Wildman–Crippen LogP) is 2.23. The van der Waals surface area contributed by atoms with Gasteiger partial charge in [0.25, 0.3) is 0 Å². The van der Waals surface area contributed by atoms with E-state index in [-0.39, 0.29) is 6.10 Å². The highest BCUT2D eigenvalue weighted by Gasteiger charge is 2.19. The van der Waals surface area contributed by atoms with Crippen LogP contribution in [0.4, 0.5) is 5.69 Å². The molecular weight excluding hydrogens is 314 g/mol. The minimum atomic E-state index is 0.172. The summed E-state index contributed by atoms with van der Waals surface area (Å²) in [5, 5.41) is 3.14. The van der Waals surface area contributed by atoms with Gasteiger partial charge in [0.1, 0.15) is 5.75 Å². The number of guanidine groups is 1. The van der Waals surface area contributed by atoms with Gasteiger partial charge < -0.3 is 20.7 Å². The zero-order valence-corrected chi connectivity index (χ0v) is 16.0. The summed E-state index contributed by atoms with van der Waals surface area (Å²) >= 11 is 0. The van der Waals surface area contributed by atoms with Gasteiger partial charge >= 0.3 is 0 Å². The van der Waals surface area contributed by atoms with Gasteiger partial charge in [-0.2, -0.15) is 0 Å². The Hall–Kier alpha value is -1.79.